The summed E-state index contributed by atoms with van der Waals surface area (Å²) >= 11 is 0.833. The topological polar surface area (TPSA) is 90.6 Å². The summed E-state index contributed by atoms with van der Waals surface area (Å²) in [5.74, 6) is -0.337. The van der Waals surface area contributed by atoms with E-state index in [4.69, 9.17) is 4.74 Å². The number of ketones is 2. The first-order valence-electron chi connectivity index (χ1n) is 11.1. The minimum absolute atomic E-state index is 0.0452. The van der Waals surface area contributed by atoms with Gasteiger partial charge in [0.2, 0.25) is 0 Å². The van der Waals surface area contributed by atoms with Crippen LogP contribution in [0, 0.1) is 21.5 Å². The molecule has 6 nitrogen and oxygen atoms in total. The fourth-order valence-electron chi connectivity index (χ4n) is 5.55. The van der Waals surface area contributed by atoms with Gasteiger partial charge in [-0.15, -0.1) is 0 Å². The van der Waals surface area contributed by atoms with Crippen LogP contribution in [0.1, 0.15) is 64.9 Å². The van der Waals surface area contributed by atoms with E-state index >= 15 is 0 Å². The van der Waals surface area contributed by atoms with Gasteiger partial charge in [-0.1, -0.05) is 27.7 Å². The fraction of sp³-hybridized carbons (Fsp3) is 0.500. The average molecular weight is 467 g/mol. The van der Waals surface area contributed by atoms with Crippen molar-refractivity contribution in [1.29, 1.82) is 5.26 Å². The van der Waals surface area contributed by atoms with Crippen LogP contribution >= 0.6 is 11.8 Å². The highest BCUT2D eigenvalue weighted by molar-refractivity contribution is 8.03. The molecule has 174 valence electrons. The molecular weight excluding hydrogens is 436 g/mol. The number of phenolic OH excluding ortho intramolecular Hbond substituents is 1. The smallest absolute Gasteiger partial charge is 0.172 e. The van der Waals surface area contributed by atoms with Crippen LogP contribution < -0.4 is 4.74 Å². The van der Waals surface area contributed by atoms with E-state index in [1.165, 1.54) is 7.11 Å². The Hall–Kier alpha value is -2.72. The van der Waals surface area contributed by atoms with Crippen molar-refractivity contribution in [1.82, 2.24) is 4.90 Å². The summed E-state index contributed by atoms with van der Waals surface area (Å²) in [4.78, 5) is 29.5. The number of aromatic hydroxyl groups is 1. The Morgan fingerprint density at radius 1 is 1.03 bits per heavy atom. The molecule has 0 spiro atoms. The van der Waals surface area contributed by atoms with E-state index in [-0.39, 0.29) is 33.9 Å². The van der Waals surface area contributed by atoms with Crippen LogP contribution in [-0.4, -0.2) is 35.7 Å². The van der Waals surface area contributed by atoms with E-state index in [1.807, 2.05) is 12.4 Å². The van der Waals surface area contributed by atoms with Gasteiger partial charge in [0.25, 0.3) is 0 Å². The van der Waals surface area contributed by atoms with Gasteiger partial charge in [0.05, 0.1) is 12.0 Å². The lowest BCUT2D eigenvalue weighted by atomic mass is 9.64. The third kappa shape index (κ3) is 3.95. The van der Waals surface area contributed by atoms with Crippen LogP contribution in [0.25, 0.3) is 0 Å². The van der Waals surface area contributed by atoms with E-state index in [9.17, 15) is 20.0 Å². The first-order valence-corrected chi connectivity index (χ1v) is 11.9. The van der Waals surface area contributed by atoms with Gasteiger partial charge in [-0.05, 0) is 53.1 Å². The Morgan fingerprint density at radius 3 is 2.00 bits per heavy atom. The van der Waals surface area contributed by atoms with Crippen molar-refractivity contribution in [3.8, 4) is 16.9 Å². The second-order valence-electron chi connectivity index (χ2n) is 10.9. The summed E-state index contributed by atoms with van der Waals surface area (Å²) in [5, 5.41) is 21.8. The third-order valence-electron chi connectivity index (χ3n) is 6.95. The number of phenols is 1. The molecule has 0 aromatic heterocycles. The quantitative estimate of drug-likeness (QED) is 0.478. The number of methoxy groups -OCH3 is 1. The summed E-state index contributed by atoms with van der Waals surface area (Å²) in [6, 6.07) is 3.42. The van der Waals surface area contributed by atoms with Crippen molar-refractivity contribution in [3.05, 3.63) is 40.2 Å². The van der Waals surface area contributed by atoms with Crippen molar-refractivity contribution in [2.24, 2.45) is 10.8 Å². The number of hydrogen-bond acceptors (Lipinski definition) is 7. The Labute approximate surface area is 199 Å². The average Bonchev–Trinajstić information content (AvgIpc) is 2.70. The fourth-order valence-corrected chi connectivity index (χ4v) is 6.04. The van der Waals surface area contributed by atoms with E-state index < -0.39 is 5.92 Å². The Balaban J connectivity index is 2.01. The van der Waals surface area contributed by atoms with Crippen molar-refractivity contribution in [2.45, 2.75) is 64.2 Å². The van der Waals surface area contributed by atoms with E-state index in [2.05, 4.69) is 32.6 Å². The molecule has 1 aromatic carbocycles. The van der Waals surface area contributed by atoms with Gasteiger partial charge < -0.3 is 14.7 Å². The zero-order valence-corrected chi connectivity index (χ0v) is 20.9. The van der Waals surface area contributed by atoms with Gasteiger partial charge in [0.15, 0.2) is 23.1 Å². The maximum atomic E-state index is 13.6. The molecule has 1 aliphatic heterocycles. The number of Topliss-reactive ketones (excluding diaryl/α,β-unsaturated/α-hetero) is 2. The van der Waals surface area contributed by atoms with Crippen molar-refractivity contribution < 1.29 is 19.4 Å². The predicted octanol–water partition coefficient (Wildman–Crippen LogP) is 5.29. The highest BCUT2D eigenvalue weighted by atomic mass is 32.2. The molecule has 0 radical (unpaired) electrons. The number of hydrogen-bond donors (Lipinski definition) is 1. The SMILES string of the molecule is COc1cc(C2C3=C(CC(C)(C)CC3=O)N(C)C3=C2C(=O)CC(C)(C)C3)cc(SC#N)c1O. The molecule has 0 fully saturated rings. The largest absolute Gasteiger partial charge is 0.503 e. The second kappa shape index (κ2) is 7.95. The Bertz CT molecular complexity index is 1120. The molecule has 2 aliphatic carbocycles. The molecule has 0 amide bonds. The summed E-state index contributed by atoms with van der Waals surface area (Å²) in [6.07, 6.45) is 2.30. The normalized spacial score (nSPS) is 22.2. The molecule has 7 heteroatoms. The molecule has 1 heterocycles. The van der Waals surface area contributed by atoms with Crippen LogP contribution in [0.5, 0.6) is 11.5 Å². The van der Waals surface area contributed by atoms with E-state index in [0.717, 1.165) is 36.0 Å². The lowest BCUT2D eigenvalue weighted by Crippen LogP contribution is -2.43. The molecule has 0 bridgehead atoms. The molecule has 33 heavy (non-hydrogen) atoms. The minimum atomic E-state index is -0.536. The number of rotatable bonds is 3. The van der Waals surface area contributed by atoms with Crippen LogP contribution in [-0.2, 0) is 9.59 Å². The highest BCUT2D eigenvalue weighted by Gasteiger charge is 2.48. The third-order valence-corrected chi connectivity index (χ3v) is 7.57. The molecule has 4 rings (SSSR count). The Morgan fingerprint density at radius 2 is 1.55 bits per heavy atom. The number of thiocyanates is 1. The second-order valence-corrected chi connectivity index (χ2v) is 11.7. The lowest BCUT2D eigenvalue weighted by molar-refractivity contribution is -0.119. The van der Waals surface area contributed by atoms with Crippen molar-refractivity contribution >= 4 is 23.3 Å². The van der Waals surface area contributed by atoms with Gasteiger partial charge in [-0.2, -0.15) is 5.26 Å². The van der Waals surface area contributed by atoms with Crippen LogP contribution in [0.2, 0.25) is 0 Å². The summed E-state index contributed by atoms with van der Waals surface area (Å²) < 4.78 is 5.39. The number of ether oxygens (including phenoxy) is 1. The van der Waals surface area contributed by atoms with Gasteiger partial charge in [-0.3, -0.25) is 9.59 Å². The predicted molar refractivity (Wildman–Crippen MR) is 127 cm³/mol. The number of benzene rings is 1. The standard InChI is InChI=1S/C26H30N2O4S/c1-25(2)9-15-22(17(29)11-25)21(14-7-19(32-6)24(31)20(8-14)33-13-27)23-16(28(15)5)10-26(3,4)12-18(23)30/h7-8,21,31H,9-12H2,1-6H3. The molecule has 1 aromatic rings. The number of nitrogens with zero attached hydrogens (tertiary/aromatic N) is 2. The first-order chi connectivity index (χ1) is 15.4. The molecule has 1 N–H and O–H groups in total. The minimum Gasteiger partial charge on any atom is -0.503 e. The maximum Gasteiger partial charge on any atom is 0.172 e. The molecule has 0 unspecified atom stereocenters. The van der Waals surface area contributed by atoms with Crippen molar-refractivity contribution in [2.75, 3.05) is 14.2 Å². The maximum absolute atomic E-state index is 13.6. The molecule has 0 saturated carbocycles. The lowest BCUT2D eigenvalue weighted by Gasteiger charge is -2.48. The summed E-state index contributed by atoms with van der Waals surface area (Å²) in [5.41, 5.74) is 3.59. The van der Waals surface area contributed by atoms with Gasteiger partial charge in [0.1, 0.15) is 5.40 Å². The first kappa shape index (κ1) is 23.4. The Kier molecular flexibility index (Phi) is 5.65. The van der Waals surface area contributed by atoms with Crippen LogP contribution in [0.15, 0.2) is 39.6 Å². The number of nitriles is 1. The zero-order valence-electron chi connectivity index (χ0n) is 20.0. The van der Waals surface area contributed by atoms with Crippen molar-refractivity contribution in [3.63, 3.8) is 0 Å². The van der Waals surface area contributed by atoms with E-state index in [0.29, 0.717) is 34.4 Å². The number of carbonyl (C=O) groups excluding carboxylic acids is 2. The van der Waals surface area contributed by atoms with E-state index in [1.54, 1.807) is 12.1 Å². The summed E-state index contributed by atoms with van der Waals surface area (Å²) in [6.45, 7) is 8.40. The monoisotopic (exact) mass is 466 g/mol. The van der Waals surface area contributed by atoms with Gasteiger partial charge in [-0.25, -0.2) is 0 Å². The van der Waals surface area contributed by atoms with Crippen LogP contribution in [0.3, 0.4) is 0 Å². The molecule has 0 saturated heterocycles. The summed E-state index contributed by atoms with van der Waals surface area (Å²) in [7, 11) is 3.42. The number of thioether (sulfide) groups is 1. The number of carbonyl (C=O) groups is 2. The molecular formula is C26H30N2O4S. The molecule has 0 atom stereocenters. The highest BCUT2D eigenvalue weighted by Crippen LogP contribution is 2.55. The number of allylic oxidation sites excluding steroid dienone is 4. The van der Waals surface area contributed by atoms with Gasteiger partial charge in [0, 0.05) is 48.3 Å². The zero-order chi connectivity index (χ0) is 24.3. The van der Waals surface area contributed by atoms with Crippen LogP contribution in [0.4, 0.5) is 0 Å². The van der Waals surface area contributed by atoms with Gasteiger partial charge >= 0.3 is 0 Å². The molecule has 3 aliphatic rings.